The van der Waals surface area contributed by atoms with E-state index in [4.69, 9.17) is 5.26 Å². The van der Waals surface area contributed by atoms with Crippen LogP contribution in [-0.2, 0) is 13.1 Å². The van der Waals surface area contributed by atoms with Crippen molar-refractivity contribution in [2.75, 3.05) is 5.32 Å². The van der Waals surface area contributed by atoms with Gasteiger partial charge in [0.05, 0.1) is 24.1 Å². The maximum atomic E-state index is 8.79. The first-order chi connectivity index (χ1) is 11.7. The van der Waals surface area contributed by atoms with Crippen LogP contribution in [0.3, 0.4) is 0 Å². The molecule has 5 heteroatoms. The normalized spacial score (nSPS) is 10.4. The highest BCUT2D eigenvalue weighted by Crippen LogP contribution is 2.17. The van der Waals surface area contributed by atoms with Crippen LogP contribution in [0.2, 0.25) is 0 Å². The van der Waals surface area contributed by atoms with E-state index < -0.39 is 0 Å². The van der Waals surface area contributed by atoms with Crippen molar-refractivity contribution in [1.82, 2.24) is 14.8 Å². The molecule has 0 radical (unpaired) electrons. The second kappa shape index (κ2) is 6.97. The summed E-state index contributed by atoms with van der Waals surface area (Å²) >= 11 is 0. The number of rotatable bonds is 5. The van der Waals surface area contributed by atoms with E-state index in [1.807, 2.05) is 41.9 Å². The minimum Gasteiger partial charge on any atom is -0.380 e. The molecule has 0 aliphatic carbocycles. The van der Waals surface area contributed by atoms with E-state index in [0.717, 1.165) is 23.6 Å². The van der Waals surface area contributed by atoms with E-state index in [1.165, 1.54) is 11.1 Å². The molecule has 5 nitrogen and oxygen atoms in total. The molecule has 2 aromatic heterocycles. The number of nitrogens with one attached hydrogen (secondary N) is 1. The Labute approximate surface area is 141 Å². The molecule has 0 saturated heterocycles. The van der Waals surface area contributed by atoms with Gasteiger partial charge in [0.2, 0.25) is 0 Å². The Morgan fingerprint density at radius 3 is 2.58 bits per heavy atom. The average molecular weight is 317 g/mol. The highest BCUT2D eigenvalue weighted by molar-refractivity contribution is 5.44. The van der Waals surface area contributed by atoms with Crippen LogP contribution in [0.1, 0.15) is 28.2 Å². The van der Waals surface area contributed by atoms with Crippen molar-refractivity contribution in [2.24, 2.45) is 0 Å². The number of hydrogen-bond acceptors (Lipinski definition) is 4. The van der Waals surface area contributed by atoms with Crippen LogP contribution in [0.25, 0.3) is 0 Å². The Kier molecular flexibility index (Phi) is 4.57. The Balaban J connectivity index is 1.73. The van der Waals surface area contributed by atoms with Gasteiger partial charge in [-0.25, -0.2) is 4.98 Å². The molecule has 0 spiro atoms. The molecule has 0 atom stereocenters. The van der Waals surface area contributed by atoms with Crippen molar-refractivity contribution in [2.45, 2.75) is 26.9 Å². The fourth-order valence-electron chi connectivity index (χ4n) is 2.66. The Morgan fingerprint density at radius 2 is 1.92 bits per heavy atom. The molecule has 0 aliphatic rings. The van der Waals surface area contributed by atoms with Gasteiger partial charge in [-0.15, -0.1) is 0 Å². The van der Waals surface area contributed by atoms with Crippen molar-refractivity contribution in [3.05, 3.63) is 76.9 Å². The number of pyridine rings is 1. The zero-order valence-corrected chi connectivity index (χ0v) is 13.8. The molecule has 3 rings (SSSR count). The SMILES string of the molecule is Cc1nn(Cc2ccccc2)c(C)c1CNc1ccc(C#N)nc1. The van der Waals surface area contributed by atoms with Crippen LogP contribution >= 0.6 is 0 Å². The number of nitriles is 1. The summed E-state index contributed by atoms with van der Waals surface area (Å²) in [5, 5.41) is 16.8. The summed E-state index contributed by atoms with van der Waals surface area (Å²) in [6.07, 6.45) is 1.68. The number of benzene rings is 1. The second-order valence-electron chi connectivity index (χ2n) is 5.69. The number of nitrogens with zero attached hydrogens (tertiary/aromatic N) is 4. The van der Waals surface area contributed by atoms with Gasteiger partial charge in [0.1, 0.15) is 11.8 Å². The fraction of sp³-hybridized carbons (Fsp3) is 0.211. The van der Waals surface area contributed by atoms with Gasteiger partial charge in [-0.2, -0.15) is 10.4 Å². The van der Waals surface area contributed by atoms with Crippen molar-refractivity contribution in [3.63, 3.8) is 0 Å². The first-order valence-electron chi connectivity index (χ1n) is 7.84. The summed E-state index contributed by atoms with van der Waals surface area (Å²) in [6.45, 7) is 5.57. The highest BCUT2D eigenvalue weighted by atomic mass is 15.3. The zero-order chi connectivity index (χ0) is 16.9. The van der Waals surface area contributed by atoms with Crippen LogP contribution < -0.4 is 5.32 Å². The summed E-state index contributed by atoms with van der Waals surface area (Å²) in [4.78, 5) is 4.07. The number of aromatic nitrogens is 3. The molecule has 120 valence electrons. The molecule has 0 aliphatic heterocycles. The molecule has 0 fully saturated rings. The van der Waals surface area contributed by atoms with Crippen LogP contribution in [-0.4, -0.2) is 14.8 Å². The van der Waals surface area contributed by atoms with E-state index in [1.54, 1.807) is 12.3 Å². The third-order valence-corrected chi connectivity index (χ3v) is 4.05. The highest BCUT2D eigenvalue weighted by Gasteiger charge is 2.11. The van der Waals surface area contributed by atoms with Gasteiger partial charge >= 0.3 is 0 Å². The van der Waals surface area contributed by atoms with E-state index in [9.17, 15) is 0 Å². The summed E-state index contributed by atoms with van der Waals surface area (Å²) < 4.78 is 2.04. The Bertz CT molecular complexity index is 857. The summed E-state index contributed by atoms with van der Waals surface area (Å²) in [7, 11) is 0. The number of anilines is 1. The molecular formula is C19H19N5. The smallest absolute Gasteiger partial charge is 0.140 e. The number of aryl methyl sites for hydroxylation is 1. The minimum atomic E-state index is 0.420. The molecule has 3 aromatic rings. The molecule has 0 saturated carbocycles. The monoisotopic (exact) mass is 317 g/mol. The van der Waals surface area contributed by atoms with Crippen LogP contribution in [0, 0.1) is 25.2 Å². The summed E-state index contributed by atoms with van der Waals surface area (Å²) in [6, 6.07) is 15.9. The third kappa shape index (κ3) is 3.44. The van der Waals surface area contributed by atoms with E-state index >= 15 is 0 Å². The quantitative estimate of drug-likeness (QED) is 0.783. The predicted octanol–water partition coefficient (Wildman–Crippen LogP) is 3.43. The molecule has 1 N–H and O–H groups in total. The lowest BCUT2D eigenvalue weighted by Crippen LogP contribution is -2.05. The topological polar surface area (TPSA) is 66.5 Å². The second-order valence-corrected chi connectivity index (χ2v) is 5.69. The van der Waals surface area contributed by atoms with Crippen LogP contribution in [0.15, 0.2) is 48.7 Å². The molecule has 2 heterocycles. The predicted molar refractivity (Wildman–Crippen MR) is 93.5 cm³/mol. The molecular weight excluding hydrogens is 298 g/mol. The molecule has 0 unspecified atom stereocenters. The number of hydrogen-bond donors (Lipinski definition) is 1. The molecule has 1 aromatic carbocycles. The molecule has 0 amide bonds. The average Bonchev–Trinajstić information content (AvgIpc) is 2.88. The lowest BCUT2D eigenvalue weighted by Gasteiger charge is -2.08. The van der Waals surface area contributed by atoms with Gasteiger partial charge in [0, 0.05) is 17.8 Å². The van der Waals surface area contributed by atoms with Crippen molar-refractivity contribution in [3.8, 4) is 6.07 Å². The summed E-state index contributed by atoms with van der Waals surface area (Å²) in [5.41, 5.74) is 5.92. The lowest BCUT2D eigenvalue weighted by atomic mass is 10.2. The van der Waals surface area contributed by atoms with Crippen LogP contribution in [0.4, 0.5) is 5.69 Å². The van der Waals surface area contributed by atoms with Crippen LogP contribution in [0.5, 0.6) is 0 Å². The van der Waals surface area contributed by atoms with Crippen molar-refractivity contribution < 1.29 is 0 Å². The first kappa shape index (κ1) is 15.8. The van der Waals surface area contributed by atoms with Gasteiger partial charge < -0.3 is 5.32 Å². The van der Waals surface area contributed by atoms with Gasteiger partial charge in [-0.05, 0) is 31.5 Å². The van der Waals surface area contributed by atoms with Gasteiger partial charge in [0.15, 0.2) is 0 Å². The van der Waals surface area contributed by atoms with Gasteiger partial charge in [-0.3, -0.25) is 4.68 Å². The summed E-state index contributed by atoms with van der Waals surface area (Å²) in [5.74, 6) is 0. The molecule has 24 heavy (non-hydrogen) atoms. The largest absolute Gasteiger partial charge is 0.380 e. The van der Waals surface area contributed by atoms with E-state index in [0.29, 0.717) is 12.2 Å². The molecule has 0 bridgehead atoms. The van der Waals surface area contributed by atoms with Crippen molar-refractivity contribution >= 4 is 5.69 Å². The first-order valence-corrected chi connectivity index (χ1v) is 7.84. The fourth-order valence-corrected chi connectivity index (χ4v) is 2.66. The Morgan fingerprint density at radius 1 is 1.12 bits per heavy atom. The lowest BCUT2D eigenvalue weighted by molar-refractivity contribution is 0.658. The maximum Gasteiger partial charge on any atom is 0.140 e. The zero-order valence-electron chi connectivity index (χ0n) is 13.8. The third-order valence-electron chi connectivity index (χ3n) is 4.05. The van der Waals surface area contributed by atoms with Crippen molar-refractivity contribution in [1.29, 1.82) is 5.26 Å². The standard InChI is InChI=1S/C19H19N5/c1-14-19(12-22-18-9-8-17(10-20)21-11-18)15(2)24(23-14)13-16-6-4-3-5-7-16/h3-9,11,22H,12-13H2,1-2H3. The minimum absolute atomic E-state index is 0.420. The van der Waals surface area contributed by atoms with E-state index in [2.05, 4.69) is 34.5 Å². The Hall–Kier alpha value is -3.13. The van der Waals surface area contributed by atoms with E-state index in [-0.39, 0.29) is 0 Å². The van der Waals surface area contributed by atoms with Gasteiger partial charge in [0.25, 0.3) is 0 Å². The maximum absolute atomic E-state index is 8.79. The van der Waals surface area contributed by atoms with Gasteiger partial charge in [-0.1, -0.05) is 30.3 Å².